The summed E-state index contributed by atoms with van der Waals surface area (Å²) in [5.74, 6) is -1.46. The topological polar surface area (TPSA) is 82.3 Å². The Kier molecular flexibility index (Phi) is 4.16. The zero-order valence-electron chi connectivity index (χ0n) is 13.8. The SMILES string of the molecule is O=C1CC(Nc2ccc3[nH]c(=O)ccc3c2)C(=O)N1c1ccc(F)c(Cl)c1. The van der Waals surface area contributed by atoms with E-state index in [9.17, 15) is 18.8 Å². The molecule has 0 bridgehead atoms. The molecule has 8 heteroatoms. The third-order valence-electron chi connectivity index (χ3n) is 4.37. The fraction of sp³-hybridized carbons (Fsp3) is 0.105. The van der Waals surface area contributed by atoms with Crippen LogP contribution >= 0.6 is 11.6 Å². The van der Waals surface area contributed by atoms with Crippen molar-refractivity contribution in [3.05, 3.63) is 69.7 Å². The number of benzene rings is 2. The molecule has 1 saturated heterocycles. The smallest absolute Gasteiger partial charge is 0.256 e. The number of halogens is 2. The minimum atomic E-state index is -0.749. The molecule has 0 aliphatic carbocycles. The van der Waals surface area contributed by atoms with E-state index in [1.54, 1.807) is 24.3 Å². The van der Waals surface area contributed by atoms with Gasteiger partial charge in [-0.3, -0.25) is 14.4 Å². The lowest BCUT2D eigenvalue weighted by atomic mass is 10.1. The highest BCUT2D eigenvalue weighted by molar-refractivity contribution is 6.31. The molecule has 136 valence electrons. The summed E-state index contributed by atoms with van der Waals surface area (Å²) >= 11 is 5.76. The van der Waals surface area contributed by atoms with Crippen molar-refractivity contribution in [1.29, 1.82) is 0 Å². The van der Waals surface area contributed by atoms with E-state index in [2.05, 4.69) is 10.3 Å². The molecule has 1 aliphatic heterocycles. The van der Waals surface area contributed by atoms with Crippen molar-refractivity contribution in [3.63, 3.8) is 0 Å². The molecule has 2 N–H and O–H groups in total. The molecule has 1 fully saturated rings. The third-order valence-corrected chi connectivity index (χ3v) is 4.66. The predicted octanol–water partition coefficient (Wildman–Crippen LogP) is 3.06. The van der Waals surface area contributed by atoms with Crippen LogP contribution in [-0.2, 0) is 9.59 Å². The zero-order valence-corrected chi connectivity index (χ0v) is 14.6. The second-order valence-corrected chi connectivity index (χ2v) is 6.60. The third kappa shape index (κ3) is 3.17. The van der Waals surface area contributed by atoms with Crippen molar-refractivity contribution in [2.45, 2.75) is 12.5 Å². The normalized spacial score (nSPS) is 17.0. The van der Waals surface area contributed by atoms with Crippen molar-refractivity contribution >= 4 is 45.7 Å². The summed E-state index contributed by atoms with van der Waals surface area (Å²) in [4.78, 5) is 40.1. The van der Waals surface area contributed by atoms with E-state index in [0.717, 1.165) is 16.4 Å². The highest BCUT2D eigenvalue weighted by Gasteiger charge is 2.39. The number of carbonyl (C=O) groups excluding carboxylic acids is 2. The Balaban J connectivity index is 1.59. The van der Waals surface area contributed by atoms with Gasteiger partial charge in [-0.05, 0) is 42.5 Å². The average molecular weight is 386 g/mol. The van der Waals surface area contributed by atoms with Gasteiger partial charge >= 0.3 is 0 Å². The first-order valence-corrected chi connectivity index (χ1v) is 8.52. The molecule has 1 unspecified atom stereocenters. The van der Waals surface area contributed by atoms with Gasteiger partial charge in [-0.1, -0.05) is 11.6 Å². The van der Waals surface area contributed by atoms with Crippen LogP contribution in [0.2, 0.25) is 5.02 Å². The second kappa shape index (κ2) is 6.51. The molecule has 0 spiro atoms. The summed E-state index contributed by atoms with van der Waals surface area (Å²) in [6, 6.07) is 11.3. The number of nitrogens with zero attached hydrogens (tertiary/aromatic N) is 1. The molecular weight excluding hydrogens is 373 g/mol. The summed E-state index contributed by atoms with van der Waals surface area (Å²) in [5, 5.41) is 3.67. The van der Waals surface area contributed by atoms with Crippen molar-refractivity contribution < 1.29 is 14.0 Å². The van der Waals surface area contributed by atoms with Crippen molar-refractivity contribution in [1.82, 2.24) is 4.98 Å². The minimum Gasteiger partial charge on any atom is -0.373 e. The van der Waals surface area contributed by atoms with E-state index in [1.807, 2.05) is 0 Å². The number of H-pyrrole nitrogens is 1. The predicted molar refractivity (Wildman–Crippen MR) is 100 cm³/mol. The highest BCUT2D eigenvalue weighted by Crippen LogP contribution is 2.28. The molecule has 3 aromatic rings. The lowest BCUT2D eigenvalue weighted by molar-refractivity contribution is -0.121. The molecule has 1 aromatic heterocycles. The van der Waals surface area contributed by atoms with Gasteiger partial charge in [0, 0.05) is 22.7 Å². The van der Waals surface area contributed by atoms with Gasteiger partial charge in [0.1, 0.15) is 11.9 Å². The highest BCUT2D eigenvalue weighted by atomic mass is 35.5. The standard InChI is InChI=1S/C19H13ClFN3O3/c20-13-8-12(3-4-14(13)21)24-18(26)9-16(19(24)27)22-11-2-5-15-10(7-11)1-6-17(25)23-15/h1-8,16,22H,9H2,(H,23,25). The number of carbonyl (C=O) groups is 2. The van der Waals surface area contributed by atoms with Crippen molar-refractivity contribution in [2.24, 2.45) is 0 Å². The maximum atomic E-state index is 13.3. The molecule has 0 saturated carbocycles. The Morgan fingerprint density at radius 2 is 1.89 bits per heavy atom. The largest absolute Gasteiger partial charge is 0.373 e. The molecule has 1 atom stereocenters. The van der Waals surface area contributed by atoms with E-state index in [1.165, 1.54) is 18.2 Å². The van der Waals surface area contributed by atoms with E-state index in [4.69, 9.17) is 11.6 Å². The maximum Gasteiger partial charge on any atom is 0.256 e. The van der Waals surface area contributed by atoms with Gasteiger partial charge < -0.3 is 10.3 Å². The quantitative estimate of drug-likeness (QED) is 0.679. The van der Waals surface area contributed by atoms with Crippen LogP contribution in [0.15, 0.2) is 53.3 Å². The fourth-order valence-electron chi connectivity index (χ4n) is 3.09. The number of nitrogens with one attached hydrogen (secondary N) is 2. The van der Waals surface area contributed by atoms with Crippen molar-refractivity contribution in [2.75, 3.05) is 10.2 Å². The first-order valence-electron chi connectivity index (χ1n) is 8.14. The number of rotatable bonds is 3. The first kappa shape index (κ1) is 17.2. The van der Waals surface area contributed by atoms with Gasteiger partial charge in [0.15, 0.2) is 0 Å². The molecule has 4 rings (SSSR count). The number of aromatic nitrogens is 1. The summed E-state index contributed by atoms with van der Waals surface area (Å²) in [6.45, 7) is 0. The average Bonchev–Trinajstić information content (AvgIpc) is 2.91. The minimum absolute atomic E-state index is 0.0303. The summed E-state index contributed by atoms with van der Waals surface area (Å²) in [7, 11) is 0. The number of anilines is 2. The Labute approximate surface area is 157 Å². The van der Waals surface area contributed by atoms with Crippen LogP contribution in [0.4, 0.5) is 15.8 Å². The molecule has 2 heterocycles. The number of hydrogen-bond acceptors (Lipinski definition) is 4. The summed E-state index contributed by atoms with van der Waals surface area (Å²) in [5.41, 5.74) is 1.34. The van der Waals surface area contributed by atoms with Crippen LogP contribution in [-0.4, -0.2) is 22.8 Å². The summed E-state index contributed by atoms with van der Waals surface area (Å²) in [6.07, 6.45) is -0.0303. The maximum absolute atomic E-state index is 13.3. The molecular formula is C19H13ClFN3O3. The van der Waals surface area contributed by atoms with Gasteiger partial charge in [-0.25, -0.2) is 9.29 Å². The molecule has 1 aliphatic rings. The van der Waals surface area contributed by atoms with Gasteiger partial charge in [0.2, 0.25) is 11.5 Å². The number of aromatic amines is 1. The van der Waals surface area contributed by atoms with E-state index in [0.29, 0.717) is 11.2 Å². The number of hydrogen-bond donors (Lipinski definition) is 2. The number of pyridine rings is 1. The molecule has 6 nitrogen and oxygen atoms in total. The summed E-state index contributed by atoms with van der Waals surface area (Å²) < 4.78 is 13.3. The number of imide groups is 1. The van der Waals surface area contributed by atoms with Crippen LogP contribution in [0.3, 0.4) is 0 Å². The molecule has 2 aromatic carbocycles. The van der Waals surface area contributed by atoms with Crippen LogP contribution in [0.25, 0.3) is 10.9 Å². The van der Waals surface area contributed by atoms with Crippen LogP contribution in [0.1, 0.15) is 6.42 Å². The number of fused-ring (bicyclic) bond motifs is 1. The lowest BCUT2D eigenvalue weighted by Gasteiger charge is -2.16. The van der Waals surface area contributed by atoms with Crippen LogP contribution in [0, 0.1) is 5.82 Å². The van der Waals surface area contributed by atoms with E-state index < -0.39 is 23.7 Å². The Morgan fingerprint density at radius 1 is 1.07 bits per heavy atom. The van der Waals surface area contributed by atoms with E-state index in [-0.39, 0.29) is 22.7 Å². The lowest BCUT2D eigenvalue weighted by Crippen LogP contribution is -2.34. The fourth-order valence-corrected chi connectivity index (χ4v) is 3.26. The zero-order chi connectivity index (χ0) is 19.1. The van der Waals surface area contributed by atoms with E-state index >= 15 is 0 Å². The Hall–Kier alpha value is -3.19. The van der Waals surface area contributed by atoms with Gasteiger partial charge in [0.05, 0.1) is 17.1 Å². The van der Waals surface area contributed by atoms with Gasteiger partial charge in [0.25, 0.3) is 5.91 Å². The van der Waals surface area contributed by atoms with Gasteiger partial charge in [-0.15, -0.1) is 0 Å². The Morgan fingerprint density at radius 3 is 2.67 bits per heavy atom. The first-order chi connectivity index (χ1) is 12.9. The second-order valence-electron chi connectivity index (χ2n) is 6.19. The molecule has 27 heavy (non-hydrogen) atoms. The Bertz CT molecular complexity index is 1140. The van der Waals surface area contributed by atoms with Crippen LogP contribution in [0.5, 0.6) is 0 Å². The molecule has 0 radical (unpaired) electrons. The molecule has 2 amide bonds. The number of amides is 2. The van der Waals surface area contributed by atoms with Crippen molar-refractivity contribution in [3.8, 4) is 0 Å². The van der Waals surface area contributed by atoms with Crippen LogP contribution < -0.4 is 15.8 Å². The van der Waals surface area contributed by atoms with Gasteiger partial charge in [-0.2, -0.15) is 0 Å². The monoisotopic (exact) mass is 385 g/mol.